The molecular weight excluding hydrogens is 745 g/mol. The second kappa shape index (κ2) is 15.1. The molecule has 0 N–H and O–H groups in total. The first-order chi connectivity index (χ1) is 29.1. The number of nitrogens with zero attached hydrogens (tertiary/aromatic N) is 4. The van der Waals surface area contributed by atoms with Crippen LogP contribution in [0.15, 0.2) is 170 Å². The van der Waals surface area contributed by atoms with E-state index in [1.807, 2.05) is 6.20 Å². The van der Waals surface area contributed by atoms with E-state index >= 15 is 0 Å². The lowest BCUT2D eigenvalue weighted by Gasteiger charge is -2.32. The van der Waals surface area contributed by atoms with E-state index < -0.39 is 0 Å². The molecule has 8 aromatic rings. The lowest BCUT2D eigenvalue weighted by Crippen LogP contribution is -2.31. The summed E-state index contributed by atoms with van der Waals surface area (Å²) >= 11 is 0. The third-order valence-electron chi connectivity index (χ3n) is 11.9. The van der Waals surface area contributed by atoms with E-state index in [4.69, 9.17) is 9.72 Å². The quantitative estimate of drug-likeness (QED) is 0.161. The zero-order chi connectivity index (χ0) is 42.7. The minimum atomic E-state index is -0.135. The van der Waals surface area contributed by atoms with E-state index in [9.17, 15) is 0 Å². The second-order valence-corrected chi connectivity index (χ2v) is 19.6. The Balaban J connectivity index is 1.12. The number of hydrogen-bond acceptors (Lipinski definition) is 4. The summed E-state index contributed by atoms with van der Waals surface area (Å²) in [7, 11) is 0. The second-order valence-electron chi connectivity index (χ2n) is 19.6. The monoisotopic (exact) mass is 800 g/mol. The Morgan fingerprint density at radius 1 is 0.475 bits per heavy atom. The van der Waals surface area contributed by atoms with Crippen molar-refractivity contribution in [3.8, 4) is 39.6 Å². The summed E-state index contributed by atoms with van der Waals surface area (Å²) in [4.78, 5) is 9.77. The Morgan fingerprint density at radius 2 is 1.10 bits per heavy atom. The molecule has 61 heavy (non-hydrogen) atoms. The van der Waals surface area contributed by atoms with Gasteiger partial charge in [0.1, 0.15) is 17.3 Å². The molecule has 0 spiro atoms. The van der Waals surface area contributed by atoms with Crippen molar-refractivity contribution in [1.29, 1.82) is 0 Å². The highest BCUT2D eigenvalue weighted by Gasteiger charge is 2.33. The highest BCUT2D eigenvalue weighted by atomic mass is 16.5. The van der Waals surface area contributed by atoms with Gasteiger partial charge in [0.2, 0.25) is 0 Å². The fourth-order valence-electron chi connectivity index (χ4n) is 8.47. The van der Waals surface area contributed by atoms with Crippen LogP contribution in [0.5, 0.6) is 11.5 Å². The maximum Gasteiger partial charge on any atom is 0.137 e. The predicted octanol–water partition coefficient (Wildman–Crippen LogP) is 15.1. The average Bonchev–Trinajstić information content (AvgIpc) is 3.85. The van der Waals surface area contributed by atoms with E-state index in [1.165, 1.54) is 49.9 Å². The van der Waals surface area contributed by atoms with Crippen molar-refractivity contribution >= 4 is 33.2 Å². The van der Waals surface area contributed by atoms with Crippen molar-refractivity contribution in [3.63, 3.8) is 0 Å². The molecular formula is C56H56N4O. The number of anilines is 2. The van der Waals surface area contributed by atoms with Crippen LogP contribution in [0.1, 0.15) is 73.4 Å². The van der Waals surface area contributed by atoms with Crippen molar-refractivity contribution in [1.82, 2.24) is 9.55 Å². The molecule has 306 valence electrons. The van der Waals surface area contributed by atoms with Crippen LogP contribution in [-0.2, 0) is 10.8 Å². The number of benzene rings is 6. The highest BCUT2D eigenvalue weighted by molar-refractivity contribution is 6.09. The topological polar surface area (TPSA) is 33.5 Å². The summed E-state index contributed by atoms with van der Waals surface area (Å²) in [5.74, 6) is 2.49. The number of hydrogen-bond donors (Lipinski definition) is 0. The van der Waals surface area contributed by atoms with Crippen molar-refractivity contribution < 1.29 is 4.74 Å². The molecule has 6 aromatic carbocycles. The molecule has 0 bridgehead atoms. The minimum Gasteiger partial charge on any atom is -0.457 e. The number of pyridine rings is 1. The summed E-state index contributed by atoms with van der Waals surface area (Å²) in [5.41, 5.74) is 12.7. The van der Waals surface area contributed by atoms with E-state index in [1.54, 1.807) is 0 Å². The van der Waals surface area contributed by atoms with Gasteiger partial charge >= 0.3 is 0 Å². The zero-order valence-electron chi connectivity index (χ0n) is 37.0. The molecule has 0 radical (unpaired) electrons. The number of aromatic nitrogens is 2. The van der Waals surface area contributed by atoms with Gasteiger partial charge in [-0.15, -0.1) is 0 Å². The van der Waals surface area contributed by atoms with E-state index in [2.05, 4.69) is 235 Å². The molecule has 0 unspecified atom stereocenters. The van der Waals surface area contributed by atoms with Crippen LogP contribution in [0.3, 0.4) is 0 Å². The summed E-state index contributed by atoms with van der Waals surface area (Å²) in [6.07, 6.45) is 4.27. The van der Waals surface area contributed by atoms with Crippen LogP contribution in [0.4, 0.5) is 11.4 Å². The van der Waals surface area contributed by atoms with Crippen LogP contribution in [-0.4, -0.2) is 16.2 Å². The van der Waals surface area contributed by atoms with Gasteiger partial charge in [0.25, 0.3) is 0 Å². The Labute approximate surface area is 361 Å². The molecule has 0 atom stereocenters. The lowest BCUT2D eigenvalue weighted by molar-refractivity contribution is 0.477. The van der Waals surface area contributed by atoms with Crippen LogP contribution in [0.2, 0.25) is 0 Å². The third kappa shape index (κ3) is 7.93. The van der Waals surface area contributed by atoms with Gasteiger partial charge in [-0.2, -0.15) is 0 Å². The summed E-state index contributed by atoms with van der Waals surface area (Å²) in [6, 6.07) is 54.5. The Bertz CT molecular complexity index is 2860. The SMILES string of the molecule is CC(C)(C)C1=CN(c2cc(-c3ccccc3)cc(-c3ccccc3)c2)CN1c1cc(Oc2ccc3c4ccccc4n(-c4cc(C(C)(C)C)ccn4)c3c2)cc(C(C)(C)C)c1. The zero-order valence-corrected chi connectivity index (χ0v) is 37.0. The molecule has 5 heteroatoms. The molecule has 1 aliphatic rings. The number of ether oxygens (including phenoxy) is 1. The third-order valence-corrected chi connectivity index (χ3v) is 11.9. The summed E-state index contributed by atoms with van der Waals surface area (Å²) in [6.45, 7) is 21.1. The first-order valence-corrected chi connectivity index (χ1v) is 21.5. The Morgan fingerprint density at radius 3 is 1.74 bits per heavy atom. The number of rotatable bonds is 7. The molecule has 5 nitrogen and oxygen atoms in total. The highest BCUT2D eigenvalue weighted by Crippen LogP contribution is 2.43. The number of allylic oxidation sites excluding steroid dienone is 1. The molecule has 2 aromatic heterocycles. The molecule has 0 fully saturated rings. The van der Waals surface area contributed by atoms with Gasteiger partial charge < -0.3 is 14.5 Å². The smallest absolute Gasteiger partial charge is 0.137 e. The van der Waals surface area contributed by atoms with Gasteiger partial charge in [0.15, 0.2) is 0 Å². The van der Waals surface area contributed by atoms with Crippen molar-refractivity contribution in [2.24, 2.45) is 5.41 Å². The maximum absolute atomic E-state index is 6.96. The van der Waals surface area contributed by atoms with Gasteiger partial charge in [-0.3, -0.25) is 4.57 Å². The molecule has 0 saturated carbocycles. The molecule has 3 heterocycles. The maximum atomic E-state index is 6.96. The summed E-state index contributed by atoms with van der Waals surface area (Å²) in [5, 5.41) is 2.35. The fraction of sp³-hybridized carbons (Fsp3) is 0.232. The van der Waals surface area contributed by atoms with Crippen LogP contribution in [0, 0.1) is 5.41 Å². The number of fused-ring (bicyclic) bond motifs is 3. The van der Waals surface area contributed by atoms with Gasteiger partial charge in [-0.25, -0.2) is 4.98 Å². The van der Waals surface area contributed by atoms with Gasteiger partial charge in [0, 0.05) is 57.8 Å². The first kappa shape index (κ1) is 39.8. The normalized spacial score (nSPS) is 13.6. The van der Waals surface area contributed by atoms with Gasteiger partial charge in [-0.1, -0.05) is 141 Å². The van der Waals surface area contributed by atoms with Gasteiger partial charge in [0.05, 0.1) is 17.7 Å². The lowest BCUT2D eigenvalue weighted by atomic mass is 9.86. The van der Waals surface area contributed by atoms with E-state index in [0.717, 1.165) is 39.7 Å². The fourth-order valence-corrected chi connectivity index (χ4v) is 8.47. The van der Waals surface area contributed by atoms with Crippen LogP contribution in [0.25, 0.3) is 49.9 Å². The van der Waals surface area contributed by atoms with E-state index in [0.29, 0.717) is 6.67 Å². The van der Waals surface area contributed by atoms with Crippen molar-refractivity contribution in [3.05, 3.63) is 181 Å². The van der Waals surface area contributed by atoms with Crippen LogP contribution >= 0.6 is 0 Å². The van der Waals surface area contributed by atoms with E-state index in [-0.39, 0.29) is 16.2 Å². The number of para-hydroxylation sites is 1. The molecule has 0 aliphatic carbocycles. The van der Waals surface area contributed by atoms with Crippen LogP contribution < -0.4 is 14.5 Å². The molecule has 0 saturated heterocycles. The minimum absolute atomic E-state index is 0.00772. The molecule has 1 aliphatic heterocycles. The van der Waals surface area contributed by atoms with Gasteiger partial charge in [-0.05, 0) is 105 Å². The standard InChI is InChI=1S/C56H56N4O/c1-54(2,3)42-26-27-57-53(33-42)60-50-23-17-16-22-48(50)49-25-24-46(35-51(49)60)61-47-32-43(55(4,5)6)31-45(34-47)59-37-58(36-52(59)56(7,8)9)44-29-40(38-18-12-10-13-19-38)28-41(30-44)39-20-14-11-15-21-39/h10-36H,37H2,1-9H3. The van der Waals surface area contributed by atoms with Crippen molar-refractivity contribution in [2.75, 3.05) is 16.5 Å². The molecule has 0 amide bonds. The largest absolute Gasteiger partial charge is 0.457 e. The predicted molar refractivity (Wildman–Crippen MR) is 257 cm³/mol. The summed E-state index contributed by atoms with van der Waals surface area (Å²) < 4.78 is 9.23. The Kier molecular flexibility index (Phi) is 9.90. The molecule has 9 rings (SSSR count). The van der Waals surface area contributed by atoms with Crippen molar-refractivity contribution in [2.45, 2.75) is 73.1 Å². The Hall–Kier alpha value is -6.59. The average molecular weight is 801 g/mol. The first-order valence-electron chi connectivity index (χ1n) is 21.5.